The van der Waals surface area contributed by atoms with Crippen LogP contribution in [0.3, 0.4) is 0 Å². The van der Waals surface area contributed by atoms with E-state index in [0.717, 1.165) is 12.1 Å². The van der Waals surface area contributed by atoms with Gasteiger partial charge in [-0.2, -0.15) is 13.2 Å². The van der Waals surface area contributed by atoms with Crippen molar-refractivity contribution in [2.45, 2.75) is 6.18 Å². The minimum Gasteiger partial charge on any atom is -0.350 e. The summed E-state index contributed by atoms with van der Waals surface area (Å²) in [7, 11) is 1.62. The van der Waals surface area contributed by atoms with E-state index >= 15 is 0 Å². The standard InChI is InChI=1S/C18H12ClF3N2O2/c1-24-9-12(16(25)11-8-10(19)6-7-15(11)24)17(26)23-14-5-3-2-4-13(14)18(20,21)22/h2-9H,1H3,(H,23,26). The van der Waals surface area contributed by atoms with Gasteiger partial charge in [0, 0.05) is 23.7 Å². The van der Waals surface area contributed by atoms with Crippen molar-refractivity contribution >= 4 is 34.1 Å². The topological polar surface area (TPSA) is 51.1 Å². The third-order valence-corrected chi connectivity index (χ3v) is 4.11. The summed E-state index contributed by atoms with van der Waals surface area (Å²) in [6.45, 7) is 0. The molecule has 0 aliphatic carbocycles. The zero-order valence-electron chi connectivity index (χ0n) is 13.4. The van der Waals surface area contributed by atoms with Gasteiger partial charge in [-0.05, 0) is 30.3 Å². The van der Waals surface area contributed by atoms with Gasteiger partial charge in [-0.1, -0.05) is 23.7 Å². The molecule has 2 aromatic carbocycles. The molecule has 0 unspecified atom stereocenters. The number of carbonyl (C=O) groups excluding carboxylic acids is 1. The highest BCUT2D eigenvalue weighted by molar-refractivity contribution is 6.31. The highest BCUT2D eigenvalue weighted by Crippen LogP contribution is 2.34. The molecule has 8 heteroatoms. The van der Waals surface area contributed by atoms with Crippen LogP contribution in [0.25, 0.3) is 10.9 Å². The molecule has 0 fully saturated rings. The Morgan fingerprint density at radius 3 is 2.54 bits per heavy atom. The molecule has 1 amide bonds. The van der Waals surface area contributed by atoms with E-state index in [-0.39, 0.29) is 10.9 Å². The van der Waals surface area contributed by atoms with Crippen molar-refractivity contribution in [3.63, 3.8) is 0 Å². The lowest BCUT2D eigenvalue weighted by molar-refractivity contribution is -0.136. The molecule has 26 heavy (non-hydrogen) atoms. The van der Waals surface area contributed by atoms with Gasteiger partial charge >= 0.3 is 6.18 Å². The van der Waals surface area contributed by atoms with Crippen LogP contribution in [0.2, 0.25) is 5.02 Å². The van der Waals surface area contributed by atoms with E-state index in [1.54, 1.807) is 19.2 Å². The summed E-state index contributed by atoms with van der Waals surface area (Å²) < 4.78 is 40.7. The molecule has 0 aliphatic rings. The molecule has 0 spiro atoms. The van der Waals surface area contributed by atoms with E-state index in [9.17, 15) is 22.8 Å². The number of benzene rings is 2. The normalized spacial score (nSPS) is 11.6. The number of rotatable bonds is 2. The number of hydrogen-bond acceptors (Lipinski definition) is 2. The lowest BCUT2D eigenvalue weighted by atomic mass is 10.1. The molecule has 0 saturated heterocycles. The fourth-order valence-electron chi connectivity index (χ4n) is 2.66. The molecule has 3 rings (SSSR count). The Balaban J connectivity index is 2.08. The quantitative estimate of drug-likeness (QED) is 0.713. The number of alkyl halides is 3. The van der Waals surface area contributed by atoms with Crippen LogP contribution < -0.4 is 10.7 Å². The lowest BCUT2D eigenvalue weighted by Crippen LogP contribution is -2.24. The van der Waals surface area contributed by atoms with Crippen LogP contribution in [0.1, 0.15) is 15.9 Å². The third-order valence-electron chi connectivity index (χ3n) is 3.88. The van der Waals surface area contributed by atoms with Gasteiger partial charge in [-0.25, -0.2) is 0 Å². The number of carbonyl (C=O) groups is 1. The molecular formula is C18H12ClF3N2O2. The summed E-state index contributed by atoms with van der Waals surface area (Å²) in [5.41, 5.74) is -1.75. The second-order valence-corrected chi connectivity index (χ2v) is 6.08. The van der Waals surface area contributed by atoms with Gasteiger partial charge in [0.05, 0.1) is 16.8 Å². The highest BCUT2D eigenvalue weighted by Gasteiger charge is 2.33. The number of aryl methyl sites for hydroxylation is 1. The second kappa shape index (κ2) is 6.49. The Hall–Kier alpha value is -2.80. The Morgan fingerprint density at radius 2 is 1.85 bits per heavy atom. The molecule has 0 bridgehead atoms. The van der Waals surface area contributed by atoms with Gasteiger partial charge in [-0.15, -0.1) is 0 Å². The molecule has 1 heterocycles. The van der Waals surface area contributed by atoms with Crippen molar-refractivity contribution in [1.82, 2.24) is 4.57 Å². The number of hydrogen-bond donors (Lipinski definition) is 1. The molecule has 4 nitrogen and oxygen atoms in total. The number of anilines is 1. The molecule has 1 aromatic heterocycles. The smallest absolute Gasteiger partial charge is 0.350 e. The Labute approximate surface area is 150 Å². The zero-order valence-corrected chi connectivity index (χ0v) is 14.2. The van der Waals surface area contributed by atoms with Crippen molar-refractivity contribution in [3.8, 4) is 0 Å². The Bertz CT molecular complexity index is 1070. The molecule has 134 valence electrons. The third kappa shape index (κ3) is 3.30. The first-order valence-corrected chi connectivity index (χ1v) is 7.83. The molecule has 1 N–H and O–H groups in total. The summed E-state index contributed by atoms with van der Waals surface area (Å²) in [6, 6.07) is 9.21. The molecule has 0 atom stereocenters. The first kappa shape index (κ1) is 18.0. The van der Waals surface area contributed by atoms with E-state index in [1.807, 2.05) is 0 Å². The molecule has 0 radical (unpaired) electrons. The monoisotopic (exact) mass is 380 g/mol. The molecule has 0 saturated carbocycles. The van der Waals surface area contributed by atoms with Crippen molar-refractivity contribution < 1.29 is 18.0 Å². The first-order valence-electron chi connectivity index (χ1n) is 7.45. The maximum Gasteiger partial charge on any atom is 0.418 e. The zero-order chi connectivity index (χ0) is 19.1. The van der Waals surface area contributed by atoms with Gasteiger partial charge in [0.15, 0.2) is 0 Å². The molecule has 0 aliphatic heterocycles. The fraction of sp³-hybridized carbons (Fsp3) is 0.111. The van der Waals surface area contributed by atoms with E-state index in [1.165, 1.54) is 29.0 Å². The summed E-state index contributed by atoms with van der Waals surface area (Å²) >= 11 is 5.90. The maximum atomic E-state index is 13.1. The van der Waals surface area contributed by atoms with E-state index in [2.05, 4.69) is 5.32 Å². The summed E-state index contributed by atoms with van der Waals surface area (Å²) in [5, 5.41) is 2.70. The largest absolute Gasteiger partial charge is 0.418 e. The van der Waals surface area contributed by atoms with Crippen molar-refractivity contribution in [2.75, 3.05) is 5.32 Å². The number of nitrogens with zero attached hydrogens (tertiary/aromatic N) is 1. The highest BCUT2D eigenvalue weighted by atomic mass is 35.5. The lowest BCUT2D eigenvalue weighted by Gasteiger charge is -2.14. The number of amides is 1. The number of fused-ring (bicyclic) bond motifs is 1. The summed E-state index contributed by atoms with van der Waals surface area (Å²) in [5.74, 6) is -0.927. The first-order chi connectivity index (χ1) is 12.2. The number of nitrogens with one attached hydrogen (secondary N) is 1. The predicted molar refractivity (Wildman–Crippen MR) is 93.6 cm³/mol. The van der Waals surface area contributed by atoms with Gasteiger partial charge in [0.2, 0.25) is 5.43 Å². The van der Waals surface area contributed by atoms with Crippen molar-refractivity contribution in [1.29, 1.82) is 0 Å². The van der Waals surface area contributed by atoms with E-state index < -0.39 is 28.8 Å². The second-order valence-electron chi connectivity index (χ2n) is 5.64. The van der Waals surface area contributed by atoms with Crippen LogP contribution in [0, 0.1) is 0 Å². The van der Waals surface area contributed by atoms with E-state index in [4.69, 9.17) is 11.6 Å². The number of aromatic nitrogens is 1. The van der Waals surface area contributed by atoms with Crippen molar-refractivity contribution in [3.05, 3.63) is 75.0 Å². The Morgan fingerprint density at radius 1 is 1.15 bits per heavy atom. The predicted octanol–water partition coefficient (Wildman–Crippen LogP) is 4.46. The van der Waals surface area contributed by atoms with Gasteiger partial charge in [0.1, 0.15) is 5.56 Å². The summed E-state index contributed by atoms with van der Waals surface area (Å²) in [4.78, 5) is 25.1. The molecular weight excluding hydrogens is 369 g/mol. The van der Waals surface area contributed by atoms with Crippen LogP contribution in [-0.4, -0.2) is 10.5 Å². The fourth-order valence-corrected chi connectivity index (χ4v) is 2.83. The van der Waals surface area contributed by atoms with Gasteiger partial charge < -0.3 is 9.88 Å². The van der Waals surface area contributed by atoms with Gasteiger partial charge in [-0.3, -0.25) is 9.59 Å². The van der Waals surface area contributed by atoms with Crippen LogP contribution >= 0.6 is 11.6 Å². The van der Waals surface area contributed by atoms with Crippen LogP contribution in [0.4, 0.5) is 18.9 Å². The number of para-hydroxylation sites is 1. The van der Waals surface area contributed by atoms with E-state index in [0.29, 0.717) is 10.5 Å². The average molecular weight is 381 g/mol. The van der Waals surface area contributed by atoms with Crippen molar-refractivity contribution in [2.24, 2.45) is 7.05 Å². The van der Waals surface area contributed by atoms with Crippen LogP contribution in [0.5, 0.6) is 0 Å². The SMILES string of the molecule is Cn1cc(C(=O)Nc2ccccc2C(F)(F)F)c(=O)c2cc(Cl)ccc21. The van der Waals surface area contributed by atoms with Gasteiger partial charge in [0.25, 0.3) is 5.91 Å². The summed E-state index contributed by atoms with van der Waals surface area (Å²) in [6.07, 6.45) is -3.35. The minimum absolute atomic E-state index is 0.205. The molecule has 3 aromatic rings. The minimum atomic E-state index is -4.63. The Kier molecular flexibility index (Phi) is 4.50. The van der Waals surface area contributed by atoms with Crippen LogP contribution in [-0.2, 0) is 13.2 Å². The average Bonchev–Trinajstić information content (AvgIpc) is 2.57. The number of halogens is 4. The number of pyridine rings is 1. The van der Waals surface area contributed by atoms with Crippen LogP contribution in [0.15, 0.2) is 53.5 Å². The maximum absolute atomic E-state index is 13.1.